The van der Waals surface area contributed by atoms with Crippen LogP contribution >= 0.6 is 0 Å². The molecule has 0 radical (unpaired) electrons. The van der Waals surface area contributed by atoms with E-state index >= 15 is 0 Å². The number of nitrogens with zero attached hydrogens (tertiary/aromatic N) is 2. The van der Waals surface area contributed by atoms with E-state index in [-0.39, 0.29) is 11.4 Å². The number of piperidine rings is 1. The van der Waals surface area contributed by atoms with E-state index in [0.29, 0.717) is 18.8 Å². The van der Waals surface area contributed by atoms with E-state index in [9.17, 15) is 18.3 Å². The lowest BCUT2D eigenvalue weighted by Gasteiger charge is -2.27. The van der Waals surface area contributed by atoms with Crippen LogP contribution in [0, 0.1) is 0 Å². The first-order valence-corrected chi connectivity index (χ1v) is 10.0. The molecule has 0 bridgehead atoms. The average molecular weight is 373 g/mol. The second kappa shape index (κ2) is 7.88. The fourth-order valence-corrected chi connectivity index (χ4v) is 4.60. The summed E-state index contributed by atoms with van der Waals surface area (Å²) in [6, 6.07) is 15.1. The van der Waals surface area contributed by atoms with E-state index in [4.69, 9.17) is 0 Å². The van der Waals surface area contributed by atoms with Gasteiger partial charge in [0.2, 0.25) is 10.0 Å². The molecule has 1 amide bonds. The fourth-order valence-electron chi connectivity index (χ4n) is 3.08. The van der Waals surface area contributed by atoms with Gasteiger partial charge in [0.15, 0.2) is 0 Å². The van der Waals surface area contributed by atoms with Crippen molar-refractivity contribution >= 4 is 21.8 Å². The van der Waals surface area contributed by atoms with Gasteiger partial charge in [0.25, 0.3) is 0 Å². The van der Waals surface area contributed by atoms with Crippen molar-refractivity contribution in [3.63, 3.8) is 0 Å². The molecular weight excluding hydrogens is 352 g/mol. The molecule has 1 saturated heterocycles. The van der Waals surface area contributed by atoms with E-state index in [1.807, 2.05) is 30.3 Å². The van der Waals surface area contributed by atoms with Crippen molar-refractivity contribution in [1.29, 1.82) is 0 Å². The number of hydrogen-bond acceptors (Lipinski definition) is 4. The number of benzene rings is 2. The van der Waals surface area contributed by atoms with Gasteiger partial charge in [-0.25, -0.2) is 8.42 Å². The topological polar surface area (TPSA) is 80.7 Å². The Labute approximate surface area is 153 Å². The fraction of sp³-hybridized carbons (Fsp3) is 0.316. The lowest BCUT2D eigenvalue weighted by atomic mass is 10.2. The summed E-state index contributed by atoms with van der Waals surface area (Å²) in [5.41, 5.74) is 1.20. The van der Waals surface area contributed by atoms with Crippen LogP contribution in [-0.4, -0.2) is 31.9 Å². The second-order valence-electron chi connectivity index (χ2n) is 6.30. The van der Waals surface area contributed by atoms with Gasteiger partial charge in [0.05, 0.1) is 4.90 Å². The minimum Gasteiger partial charge on any atom is -0.530 e. The normalized spacial score (nSPS) is 15.5. The van der Waals surface area contributed by atoms with Gasteiger partial charge >= 0.3 is 0 Å². The third-order valence-electron chi connectivity index (χ3n) is 4.51. The van der Waals surface area contributed by atoms with Crippen molar-refractivity contribution < 1.29 is 18.3 Å². The Morgan fingerprint density at radius 3 is 2.15 bits per heavy atom. The summed E-state index contributed by atoms with van der Waals surface area (Å²) in [4.78, 5) is 12.8. The van der Waals surface area contributed by atoms with Crippen molar-refractivity contribution in [1.82, 2.24) is 4.31 Å². The van der Waals surface area contributed by atoms with Gasteiger partial charge in [-0.1, -0.05) is 36.8 Å². The third-order valence-corrected chi connectivity index (χ3v) is 6.42. The highest BCUT2D eigenvalue weighted by molar-refractivity contribution is 7.89. The predicted molar refractivity (Wildman–Crippen MR) is 97.1 cm³/mol. The second-order valence-corrected chi connectivity index (χ2v) is 8.23. The quantitative estimate of drug-likeness (QED) is 0.805. The zero-order valence-electron chi connectivity index (χ0n) is 14.4. The third kappa shape index (κ3) is 4.05. The molecule has 0 N–H and O–H groups in total. The Bertz CT molecular complexity index is 845. The Balaban J connectivity index is 1.81. The van der Waals surface area contributed by atoms with Crippen LogP contribution in [0.2, 0.25) is 0 Å². The van der Waals surface area contributed by atoms with Gasteiger partial charge in [-0.05, 0) is 42.7 Å². The molecule has 2 aromatic rings. The highest BCUT2D eigenvalue weighted by atomic mass is 32.2. The number of sulfonamides is 1. The lowest BCUT2D eigenvalue weighted by molar-refractivity contribution is -0.246. The molecule has 1 aliphatic rings. The smallest absolute Gasteiger partial charge is 0.243 e. The zero-order valence-corrected chi connectivity index (χ0v) is 15.2. The van der Waals surface area contributed by atoms with E-state index < -0.39 is 16.1 Å². The molecule has 1 fully saturated rings. The first kappa shape index (κ1) is 18.4. The van der Waals surface area contributed by atoms with Crippen LogP contribution in [0.3, 0.4) is 0 Å². The molecule has 2 aromatic carbocycles. The highest BCUT2D eigenvalue weighted by Crippen LogP contribution is 2.24. The van der Waals surface area contributed by atoms with Crippen molar-refractivity contribution in [3.8, 4) is 0 Å². The molecular formula is C19H21N2O4S-. The minimum absolute atomic E-state index is 0.140. The summed E-state index contributed by atoms with van der Waals surface area (Å²) in [6.07, 6.45) is 1.45. The summed E-state index contributed by atoms with van der Waals surface area (Å²) >= 11 is 0. The maximum atomic E-state index is 12.7. The number of carboxylic acid groups (broad SMARTS) is 1. The van der Waals surface area contributed by atoms with Gasteiger partial charge < -0.3 is 14.8 Å². The van der Waals surface area contributed by atoms with Crippen LogP contribution < -0.4 is 10.0 Å². The number of amides is 1. The van der Waals surface area contributed by atoms with E-state index in [2.05, 4.69) is 0 Å². The van der Waals surface area contributed by atoms with Crippen LogP contribution in [-0.2, 0) is 16.6 Å². The molecule has 0 atom stereocenters. The molecule has 26 heavy (non-hydrogen) atoms. The standard InChI is InChI=1S/C19H22N2O4S/c22-19(23)21(15-16-7-3-1-4-8-16)17-9-11-18(12-10-17)26(24,25)20-13-5-2-6-14-20/h1,3-4,7-12H,2,5-6,13-15H2,(H,22,23)/p-1. The molecule has 6 nitrogen and oxygen atoms in total. The van der Waals surface area contributed by atoms with Gasteiger partial charge in [-0.15, -0.1) is 0 Å². The number of carbonyl (C=O) groups is 1. The SMILES string of the molecule is O=C([O-])N(Cc1ccccc1)c1ccc(S(=O)(=O)N2CCCCC2)cc1. The van der Waals surface area contributed by atoms with Crippen LogP contribution in [0.4, 0.5) is 10.5 Å². The summed E-state index contributed by atoms with van der Waals surface area (Å²) in [6.45, 7) is 1.20. The molecule has 1 heterocycles. The van der Waals surface area contributed by atoms with Crippen molar-refractivity contribution in [2.24, 2.45) is 0 Å². The largest absolute Gasteiger partial charge is 0.530 e. The predicted octanol–water partition coefficient (Wildman–Crippen LogP) is 2.21. The van der Waals surface area contributed by atoms with Crippen LogP contribution in [0.25, 0.3) is 0 Å². The number of hydrogen-bond donors (Lipinski definition) is 0. The molecule has 1 aliphatic heterocycles. The monoisotopic (exact) mass is 373 g/mol. The average Bonchev–Trinajstić information content (AvgIpc) is 2.67. The Morgan fingerprint density at radius 2 is 1.58 bits per heavy atom. The molecule has 0 aliphatic carbocycles. The number of rotatable bonds is 5. The van der Waals surface area contributed by atoms with Crippen LogP contribution in [0.15, 0.2) is 59.5 Å². The van der Waals surface area contributed by atoms with Crippen molar-refractivity contribution in [2.45, 2.75) is 30.7 Å². The van der Waals surface area contributed by atoms with Crippen molar-refractivity contribution in [3.05, 3.63) is 60.2 Å². The molecule has 3 rings (SSSR count). The van der Waals surface area contributed by atoms with Gasteiger partial charge in [-0.3, -0.25) is 0 Å². The Morgan fingerprint density at radius 1 is 0.962 bits per heavy atom. The molecule has 0 spiro atoms. The van der Waals surface area contributed by atoms with Gasteiger partial charge in [0, 0.05) is 25.3 Å². The Kier molecular flexibility index (Phi) is 5.58. The molecule has 138 valence electrons. The van der Waals surface area contributed by atoms with Crippen LogP contribution in [0.1, 0.15) is 24.8 Å². The Hall–Kier alpha value is -2.38. The van der Waals surface area contributed by atoms with Gasteiger partial charge in [-0.2, -0.15) is 4.31 Å². The first-order valence-electron chi connectivity index (χ1n) is 8.61. The molecule has 7 heteroatoms. The zero-order chi connectivity index (χ0) is 18.6. The summed E-state index contributed by atoms with van der Waals surface area (Å²) in [5.74, 6) is 0. The summed E-state index contributed by atoms with van der Waals surface area (Å²) in [5, 5.41) is 11.5. The van der Waals surface area contributed by atoms with E-state index in [1.165, 1.54) is 28.6 Å². The number of carbonyl (C=O) groups excluding carboxylic acids is 1. The molecule has 0 unspecified atom stereocenters. The lowest BCUT2D eigenvalue weighted by Crippen LogP contribution is -2.41. The summed E-state index contributed by atoms with van der Waals surface area (Å²) in [7, 11) is -3.53. The van der Waals surface area contributed by atoms with Crippen molar-refractivity contribution in [2.75, 3.05) is 18.0 Å². The maximum absolute atomic E-state index is 12.7. The molecule has 0 aromatic heterocycles. The van der Waals surface area contributed by atoms with Crippen LogP contribution in [0.5, 0.6) is 0 Å². The minimum atomic E-state index is -3.53. The van der Waals surface area contributed by atoms with E-state index in [1.54, 1.807) is 0 Å². The molecule has 0 saturated carbocycles. The summed E-state index contributed by atoms with van der Waals surface area (Å²) < 4.78 is 26.8. The first-order chi connectivity index (χ1) is 12.5. The van der Waals surface area contributed by atoms with E-state index in [0.717, 1.165) is 29.7 Å². The van der Waals surface area contributed by atoms with Gasteiger partial charge in [0.1, 0.15) is 6.09 Å². The maximum Gasteiger partial charge on any atom is 0.243 e. The number of anilines is 1. The highest BCUT2D eigenvalue weighted by Gasteiger charge is 2.25.